The first-order valence-electron chi connectivity index (χ1n) is 9.58. The molecule has 1 aliphatic rings. The van der Waals surface area contributed by atoms with Gasteiger partial charge in [-0.05, 0) is 49.1 Å². The molecule has 2 aromatic rings. The van der Waals surface area contributed by atoms with Gasteiger partial charge in [-0.1, -0.05) is 37.3 Å². The summed E-state index contributed by atoms with van der Waals surface area (Å²) in [7, 11) is 0. The number of piperidine rings is 1. The van der Waals surface area contributed by atoms with Crippen molar-refractivity contribution < 1.29 is 9.59 Å². The fourth-order valence-corrected chi connectivity index (χ4v) is 3.61. The topological polar surface area (TPSA) is 75.4 Å². The highest BCUT2D eigenvalue weighted by atomic mass is 16.2. The maximum atomic E-state index is 12.9. The molecule has 5 heteroatoms. The van der Waals surface area contributed by atoms with Crippen molar-refractivity contribution in [3.63, 3.8) is 0 Å². The predicted molar refractivity (Wildman–Crippen MR) is 107 cm³/mol. The molecule has 0 spiro atoms. The zero-order valence-electron chi connectivity index (χ0n) is 15.7. The van der Waals surface area contributed by atoms with Gasteiger partial charge < -0.3 is 16.0 Å². The largest absolute Gasteiger partial charge is 0.399 e. The second kappa shape index (κ2) is 8.71. The molecule has 3 N–H and O–H groups in total. The highest BCUT2D eigenvalue weighted by Gasteiger charge is 2.28. The molecule has 5 nitrogen and oxygen atoms in total. The smallest absolute Gasteiger partial charge is 0.251 e. The number of hydrogen-bond donors (Lipinski definition) is 2. The quantitative estimate of drug-likeness (QED) is 0.799. The first-order valence-corrected chi connectivity index (χ1v) is 9.58. The molecule has 1 heterocycles. The standard InChI is InChI=1S/C22H27N3O2/c1-2-20(16-6-4-3-5-7-16)22(27)25-14-12-19(13-15-25)24-21(26)17-8-10-18(23)11-9-17/h3-11,19-20H,2,12-15,23H2,1H3,(H,24,26)/t20-/m1/s1. The van der Waals surface area contributed by atoms with E-state index in [2.05, 4.69) is 12.2 Å². The Morgan fingerprint density at radius 3 is 2.30 bits per heavy atom. The number of carbonyl (C=O) groups is 2. The van der Waals surface area contributed by atoms with Crippen LogP contribution in [-0.2, 0) is 4.79 Å². The minimum atomic E-state index is -0.0906. The second-order valence-electron chi connectivity index (χ2n) is 7.07. The van der Waals surface area contributed by atoms with Crippen LogP contribution in [0.15, 0.2) is 54.6 Å². The fourth-order valence-electron chi connectivity index (χ4n) is 3.61. The lowest BCUT2D eigenvalue weighted by Gasteiger charge is -2.34. The van der Waals surface area contributed by atoms with Crippen molar-refractivity contribution in [2.45, 2.75) is 38.1 Å². The number of rotatable bonds is 5. The Morgan fingerprint density at radius 2 is 1.70 bits per heavy atom. The number of amides is 2. The van der Waals surface area contributed by atoms with E-state index in [0.29, 0.717) is 24.3 Å². The van der Waals surface area contributed by atoms with Crippen LogP contribution in [0, 0.1) is 0 Å². The maximum Gasteiger partial charge on any atom is 0.251 e. The van der Waals surface area contributed by atoms with E-state index in [0.717, 1.165) is 24.8 Å². The van der Waals surface area contributed by atoms with Crippen molar-refractivity contribution in [2.75, 3.05) is 18.8 Å². The Hall–Kier alpha value is -2.82. The van der Waals surface area contributed by atoms with E-state index in [-0.39, 0.29) is 23.8 Å². The van der Waals surface area contributed by atoms with E-state index in [1.807, 2.05) is 35.2 Å². The predicted octanol–water partition coefficient (Wildman–Crippen LogP) is 3.18. The molecule has 0 aromatic heterocycles. The number of nitrogens with two attached hydrogens (primary N) is 1. The molecule has 0 saturated carbocycles. The zero-order chi connectivity index (χ0) is 19.2. The average molecular weight is 365 g/mol. The summed E-state index contributed by atoms with van der Waals surface area (Å²) in [5.41, 5.74) is 7.99. The summed E-state index contributed by atoms with van der Waals surface area (Å²) in [6.45, 7) is 3.40. The van der Waals surface area contributed by atoms with Crippen molar-refractivity contribution in [1.29, 1.82) is 0 Å². The van der Waals surface area contributed by atoms with E-state index < -0.39 is 0 Å². The van der Waals surface area contributed by atoms with Gasteiger partial charge >= 0.3 is 0 Å². The number of nitrogens with one attached hydrogen (secondary N) is 1. The number of benzene rings is 2. The van der Waals surface area contributed by atoms with E-state index in [1.54, 1.807) is 24.3 Å². The Balaban J connectivity index is 1.54. The third-order valence-corrected chi connectivity index (χ3v) is 5.22. The molecule has 1 atom stereocenters. The second-order valence-corrected chi connectivity index (χ2v) is 7.07. The summed E-state index contributed by atoms with van der Waals surface area (Å²) in [4.78, 5) is 27.2. The van der Waals surface area contributed by atoms with Gasteiger partial charge in [-0.15, -0.1) is 0 Å². The normalized spacial score (nSPS) is 16.0. The summed E-state index contributed by atoms with van der Waals surface area (Å²) in [6, 6.07) is 17.0. The molecule has 2 aromatic carbocycles. The van der Waals surface area contributed by atoms with Crippen LogP contribution in [0.1, 0.15) is 48.0 Å². The van der Waals surface area contributed by atoms with Gasteiger partial charge in [0.15, 0.2) is 0 Å². The summed E-state index contributed by atoms with van der Waals surface area (Å²) >= 11 is 0. The summed E-state index contributed by atoms with van der Waals surface area (Å²) in [6.07, 6.45) is 2.34. The van der Waals surface area contributed by atoms with Crippen LogP contribution in [-0.4, -0.2) is 35.8 Å². The van der Waals surface area contributed by atoms with Crippen molar-refractivity contribution in [3.8, 4) is 0 Å². The number of anilines is 1. The lowest BCUT2D eigenvalue weighted by atomic mass is 9.93. The summed E-state index contributed by atoms with van der Waals surface area (Å²) < 4.78 is 0. The van der Waals surface area contributed by atoms with Crippen LogP contribution in [0.4, 0.5) is 5.69 Å². The van der Waals surface area contributed by atoms with E-state index >= 15 is 0 Å². The number of nitrogens with zero attached hydrogens (tertiary/aromatic N) is 1. The van der Waals surface area contributed by atoms with Crippen LogP contribution < -0.4 is 11.1 Å². The number of likely N-dealkylation sites (tertiary alicyclic amines) is 1. The van der Waals surface area contributed by atoms with Gasteiger partial charge in [0.2, 0.25) is 5.91 Å². The zero-order valence-corrected chi connectivity index (χ0v) is 15.7. The molecule has 27 heavy (non-hydrogen) atoms. The molecule has 0 radical (unpaired) electrons. The number of nitrogen functional groups attached to an aromatic ring is 1. The third kappa shape index (κ3) is 4.67. The van der Waals surface area contributed by atoms with Crippen molar-refractivity contribution in [1.82, 2.24) is 10.2 Å². The van der Waals surface area contributed by atoms with Crippen molar-refractivity contribution in [3.05, 3.63) is 65.7 Å². The van der Waals surface area contributed by atoms with E-state index in [9.17, 15) is 9.59 Å². The molecular formula is C22H27N3O2. The first-order chi connectivity index (χ1) is 13.1. The van der Waals surface area contributed by atoms with Gasteiger partial charge in [0.25, 0.3) is 5.91 Å². The van der Waals surface area contributed by atoms with Gasteiger partial charge in [0.05, 0.1) is 5.92 Å². The minimum absolute atomic E-state index is 0.0875. The lowest BCUT2D eigenvalue weighted by molar-refractivity contribution is -0.134. The Morgan fingerprint density at radius 1 is 1.07 bits per heavy atom. The first kappa shape index (κ1) is 19.0. The molecule has 0 aliphatic carbocycles. The van der Waals surface area contributed by atoms with Crippen LogP contribution >= 0.6 is 0 Å². The summed E-state index contributed by atoms with van der Waals surface area (Å²) in [5.74, 6) is 0.00891. The van der Waals surface area contributed by atoms with E-state index in [1.165, 1.54) is 0 Å². The van der Waals surface area contributed by atoms with Crippen LogP contribution in [0.5, 0.6) is 0 Å². The Bertz CT molecular complexity index is 766. The molecule has 1 saturated heterocycles. The summed E-state index contributed by atoms with van der Waals surface area (Å²) in [5, 5.41) is 3.07. The Labute approximate surface area is 160 Å². The number of hydrogen-bond acceptors (Lipinski definition) is 3. The average Bonchev–Trinajstić information content (AvgIpc) is 2.70. The van der Waals surface area contributed by atoms with Gasteiger partial charge in [0, 0.05) is 30.4 Å². The Kier molecular flexibility index (Phi) is 6.12. The lowest BCUT2D eigenvalue weighted by Crippen LogP contribution is -2.47. The van der Waals surface area contributed by atoms with Crippen molar-refractivity contribution in [2.24, 2.45) is 0 Å². The minimum Gasteiger partial charge on any atom is -0.399 e. The molecule has 142 valence electrons. The molecule has 0 bridgehead atoms. The SMILES string of the molecule is CC[C@@H](C(=O)N1CCC(NC(=O)c2ccc(N)cc2)CC1)c1ccccc1. The monoisotopic (exact) mass is 365 g/mol. The third-order valence-electron chi connectivity index (χ3n) is 5.22. The van der Waals surface area contributed by atoms with E-state index in [4.69, 9.17) is 5.73 Å². The van der Waals surface area contributed by atoms with Gasteiger partial charge in [-0.25, -0.2) is 0 Å². The number of carbonyl (C=O) groups excluding carboxylic acids is 2. The fraction of sp³-hybridized carbons (Fsp3) is 0.364. The molecule has 1 fully saturated rings. The molecule has 2 amide bonds. The van der Waals surface area contributed by atoms with Gasteiger partial charge in [-0.2, -0.15) is 0 Å². The van der Waals surface area contributed by atoms with Crippen molar-refractivity contribution >= 4 is 17.5 Å². The van der Waals surface area contributed by atoms with Crippen LogP contribution in [0.2, 0.25) is 0 Å². The highest BCUT2D eigenvalue weighted by molar-refractivity contribution is 5.94. The highest BCUT2D eigenvalue weighted by Crippen LogP contribution is 2.24. The van der Waals surface area contributed by atoms with Gasteiger partial charge in [0.1, 0.15) is 0 Å². The molecule has 0 unspecified atom stereocenters. The molecule has 3 rings (SSSR count). The van der Waals surface area contributed by atoms with Gasteiger partial charge in [-0.3, -0.25) is 9.59 Å². The van der Waals surface area contributed by atoms with Crippen LogP contribution in [0.3, 0.4) is 0 Å². The maximum absolute atomic E-state index is 12.9. The molecular weight excluding hydrogens is 338 g/mol. The van der Waals surface area contributed by atoms with Crippen LogP contribution in [0.25, 0.3) is 0 Å². The molecule has 1 aliphatic heterocycles.